The molecule has 0 bridgehead atoms. The summed E-state index contributed by atoms with van der Waals surface area (Å²) in [5, 5.41) is 3.62. The highest BCUT2D eigenvalue weighted by atomic mass is 15.1. The van der Waals surface area contributed by atoms with Gasteiger partial charge in [0.15, 0.2) is 0 Å². The summed E-state index contributed by atoms with van der Waals surface area (Å²) in [5.74, 6) is 0.541. The fourth-order valence-electron chi connectivity index (χ4n) is 2.46. The monoisotopic (exact) mass is 227 g/mol. The molecule has 1 N–H and O–H groups in total. The molecular weight excluding hydrogens is 210 g/mol. The number of aryl methyl sites for hydroxylation is 1. The van der Waals surface area contributed by atoms with E-state index in [1.165, 1.54) is 22.6 Å². The summed E-state index contributed by atoms with van der Waals surface area (Å²) >= 11 is 0. The second kappa shape index (κ2) is 3.62. The lowest BCUT2D eigenvalue weighted by Gasteiger charge is -2.31. The van der Waals surface area contributed by atoms with Gasteiger partial charge in [-0.05, 0) is 30.5 Å². The molecule has 1 unspecified atom stereocenters. The third-order valence-electron chi connectivity index (χ3n) is 3.38. The van der Waals surface area contributed by atoms with Crippen molar-refractivity contribution in [1.29, 1.82) is 0 Å². The molecule has 1 atom stereocenters. The van der Waals surface area contributed by atoms with Crippen molar-refractivity contribution in [3.63, 3.8) is 0 Å². The van der Waals surface area contributed by atoms with E-state index in [-0.39, 0.29) is 0 Å². The minimum atomic E-state index is 0.340. The van der Waals surface area contributed by atoms with Gasteiger partial charge in [-0.25, -0.2) is 4.98 Å². The first-order valence-corrected chi connectivity index (χ1v) is 6.06. The van der Waals surface area contributed by atoms with Crippen LogP contribution in [0.3, 0.4) is 0 Å². The molecular formula is C14H17N3. The summed E-state index contributed by atoms with van der Waals surface area (Å²) in [7, 11) is 0. The number of nitrogens with one attached hydrogen (secondary N) is 1. The Hall–Kier alpha value is -1.77. The van der Waals surface area contributed by atoms with Crippen LogP contribution >= 0.6 is 0 Å². The van der Waals surface area contributed by atoms with Crippen LogP contribution in [0, 0.1) is 12.8 Å². The first-order valence-electron chi connectivity index (χ1n) is 6.06. The Balaban J connectivity index is 2.19. The van der Waals surface area contributed by atoms with Gasteiger partial charge < -0.3 is 5.32 Å². The highest BCUT2D eigenvalue weighted by molar-refractivity contribution is 5.66. The van der Waals surface area contributed by atoms with Crippen LogP contribution in [0.5, 0.6) is 0 Å². The summed E-state index contributed by atoms with van der Waals surface area (Å²) in [4.78, 5) is 4.28. The highest BCUT2D eigenvalue weighted by Gasteiger charge is 2.26. The van der Waals surface area contributed by atoms with E-state index in [1.807, 2.05) is 12.5 Å². The van der Waals surface area contributed by atoms with Crippen molar-refractivity contribution in [3.8, 4) is 5.69 Å². The number of hydrogen-bond donors (Lipinski definition) is 1. The summed E-state index contributed by atoms with van der Waals surface area (Å²) in [5.41, 5.74) is 4.92. The van der Waals surface area contributed by atoms with Crippen LogP contribution in [0.2, 0.25) is 0 Å². The summed E-state index contributed by atoms with van der Waals surface area (Å²) < 4.78 is 2.19. The van der Waals surface area contributed by atoms with E-state index < -0.39 is 0 Å². The summed E-state index contributed by atoms with van der Waals surface area (Å²) in [6.07, 6.45) is 3.86. The quantitative estimate of drug-likeness (QED) is 0.810. The van der Waals surface area contributed by atoms with Crippen molar-refractivity contribution in [3.05, 3.63) is 42.0 Å². The largest absolute Gasteiger partial charge is 0.375 e. The molecule has 0 spiro atoms. The first-order chi connectivity index (χ1) is 8.16. The van der Waals surface area contributed by atoms with E-state index in [0.717, 1.165) is 0 Å². The molecule has 88 valence electrons. The Morgan fingerprint density at radius 1 is 1.35 bits per heavy atom. The Labute approximate surface area is 101 Å². The lowest BCUT2D eigenvalue weighted by atomic mass is 9.98. The van der Waals surface area contributed by atoms with E-state index in [4.69, 9.17) is 0 Å². The fourth-order valence-corrected chi connectivity index (χ4v) is 2.46. The molecule has 0 aliphatic carbocycles. The van der Waals surface area contributed by atoms with Crippen molar-refractivity contribution < 1.29 is 0 Å². The third kappa shape index (κ3) is 1.54. The van der Waals surface area contributed by atoms with E-state index in [1.54, 1.807) is 0 Å². The summed E-state index contributed by atoms with van der Waals surface area (Å²) in [6, 6.07) is 6.83. The zero-order valence-corrected chi connectivity index (χ0v) is 10.4. The Morgan fingerprint density at radius 2 is 2.18 bits per heavy atom. The van der Waals surface area contributed by atoms with Crippen molar-refractivity contribution in [2.45, 2.75) is 26.8 Å². The van der Waals surface area contributed by atoms with Crippen molar-refractivity contribution in [1.82, 2.24) is 9.55 Å². The lowest BCUT2D eigenvalue weighted by molar-refractivity contribution is 0.520. The number of benzene rings is 1. The second-order valence-corrected chi connectivity index (χ2v) is 5.08. The average molecular weight is 227 g/mol. The van der Waals surface area contributed by atoms with E-state index in [0.29, 0.717) is 12.0 Å². The number of fused-ring (bicyclic) bond motifs is 3. The van der Waals surface area contributed by atoms with E-state index in [2.05, 4.69) is 53.8 Å². The van der Waals surface area contributed by atoms with E-state index >= 15 is 0 Å². The van der Waals surface area contributed by atoms with Gasteiger partial charge in [0, 0.05) is 0 Å². The molecule has 1 aliphatic rings. The van der Waals surface area contributed by atoms with Crippen LogP contribution in [0.15, 0.2) is 30.7 Å². The van der Waals surface area contributed by atoms with Crippen molar-refractivity contribution in [2.75, 3.05) is 5.32 Å². The van der Waals surface area contributed by atoms with Crippen LogP contribution in [0.1, 0.15) is 31.1 Å². The lowest BCUT2D eigenvalue weighted by Crippen LogP contribution is -2.24. The highest BCUT2D eigenvalue weighted by Crippen LogP contribution is 2.36. The Morgan fingerprint density at radius 3 is 2.94 bits per heavy atom. The molecule has 2 aromatic rings. The fraction of sp³-hybridized carbons (Fsp3) is 0.357. The normalized spacial score (nSPS) is 17.5. The van der Waals surface area contributed by atoms with Crippen LogP contribution < -0.4 is 5.32 Å². The maximum absolute atomic E-state index is 4.28. The molecule has 1 aromatic carbocycles. The van der Waals surface area contributed by atoms with E-state index in [9.17, 15) is 0 Å². The van der Waals surface area contributed by atoms with Gasteiger partial charge in [-0.3, -0.25) is 4.57 Å². The standard InChI is InChI=1S/C14H17N3/c1-9(2)14-13-7-15-8-17(13)12-5-4-10(3)6-11(12)16-14/h4-9,14,16H,1-3H3. The van der Waals surface area contributed by atoms with Gasteiger partial charge in [-0.1, -0.05) is 19.9 Å². The van der Waals surface area contributed by atoms with Crippen LogP contribution in [-0.4, -0.2) is 9.55 Å². The van der Waals surface area contributed by atoms with Gasteiger partial charge >= 0.3 is 0 Å². The summed E-state index contributed by atoms with van der Waals surface area (Å²) in [6.45, 7) is 6.58. The average Bonchev–Trinajstić information content (AvgIpc) is 2.76. The zero-order valence-electron chi connectivity index (χ0n) is 10.4. The minimum Gasteiger partial charge on any atom is -0.375 e. The van der Waals surface area contributed by atoms with Crippen LogP contribution in [0.4, 0.5) is 5.69 Å². The maximum atomic E-state index is 4.28. The molecule has 3 nitrogen and oxygen atoms in total. The van der Waals surface area contributed by atoms with Gasteiger partial charge in [-0.15, -0.1) is 0 Å². The molecule has 0 saturated heterocycles. The minimum absolute atomic E-state index is 0.340. The molecule has 0 fully saturated rings. The number of rotatable bonds is 1. The van der Waals surface area contributed by atoms with Gasteiger partial charge in [0.2, 0.25) is 0 Å². The third-order valence-corrected chi connectivity index (χ3v) is 3.38. The van der Waals surface area contributed by atoms with Crippen molar-refractivity contribution >= 4 is 5.69 Å². The van der Waals surface area contributed by atoms with Gasteiger partial charge in [0.05, 0.1) is 35.6 Å². The van der Waals surface area contributed by atoms with Crippen molar-refractivity contribution in [2.24, 2.45) is 5.92 Å². The smallest absolute Gasteiger partial charge is 0.0995 e. The predicted octanol–water partition coefficient (Wildman–Crippen LogP) is 3.30. The maximum Gasteiger partial charge on any atom is 0.0995 e. The number of anilines is 1. The van der Waals surface area contributed by atoms with Gasteiger partial charge in [0.1, 0.15) is 0 Å². The Bertz CT molecular complexity index is 554. The molecule has 17 heavy (non-hydrogen) atoms. The van der Waals surface area contributed by atoms with Gasteiger partial charge in [-0.2, -0.15) is 0 Å². The zero-order chi connectivity index (χ0) is 12.0. The molecule has 1 aliphatic heterocycles. The van der Waals surface area contributed by atoms with Crippen LogP contribution in [0.25, 0.3) is 5.69 Å². The molecule has 0 amide bonds. The predicted molar refractivity (Wildman–Crippen MR) is 69.5 cm³/mol. The second-order valence-electron chi connectivity index (χ2n) is 5.08. The topological polar surface area (TPSA) is 29.9 Å². The Kier molecular flexibility index (Phi) is 2.21. The SMILES string of the molecule is Cc1ccc2c(c1)NC(C(C)C)c1cncn1-2. The number of nitrogens with zero attached hydrogens (tertiary/aromatic N) is 2. The number of aromatic nitrogens is 2. The molecule has 0 radical (unpaired) electrons. The molecule has 0 saturated carbocycles. The molecule has 3 heteroatoms. The molecule has 3 rings (SSSR count). The first kappa shape index (κ1) is 10.4. The number of imidazole rings is 1. The molecule has 1 aromatic heterocycles. The molecule has 2 heterocycles. The number of hydrogen-bond acceptors (Lipinski definition) is 2. The van der Waals surface area contributed by atoms with Gasteiger partial charge in [0.25, 0.3) is 0 Å². The van der Waals surface area contributed by atoms with Crippen LogP contribution in [-0.2, 0) is 0 Å².